The van der Waals surface area contributed by atoms with Gasteiger partial charge in [-0.2, -0.15) is 13.2 Å². The Morgan fingerprint density at radius 2 is 0.849 bits per heavy atom. The Hall–Kier alpha value is -11.3. The number of ketones is 3. The molecule has 0 aliphatic carbocycles. The zero-order valence-electron chi connectivity index (χ0n) is 58.7. The molecule has 0 fully saturated rings. The third kappa shape index (κ3) is 18.1. The van der Waals surface area contributed by atoms with E-state index < -0.39 is 41.8 Å². The van der Waals surface area contributed by atoms with Crippen LogP contribution in [0.1, 0.15) is 91.7 Å². The smallest absolute Gasteiger partial charge is 0.416 e. The van der Waals surface area contributed by atoms with Gasteiger partial charge in [0.25, 0.3) is 17.7 Å². The highest BCUT2D eigenvalue weighted by atomic mass is 35.5. The molecule has 6 aromatic heterocycles. The van der Waals surface area contributed by atoms with Gasteiger partial charge < -0.3 is 54.2 Å². The van der Waals surface area contributed by atoms with E-state index in [1.807, 2.05) is 61.0 Å². The number of hydrogen-bond donors (Lipinski definition) is 4. The fourth-order valence-electron chi connectivity index (χ4n) is 11.1. The molecule has 0 aliphatic rings. The normalized spacial score (nSPS) is 11.0. The van der Waals surface area contributed by atoms with Gasteiger partial charge in [0.15, 0.2) is 51.8 Å². The van der Waals surface area contributed by atoms with Gasteiger partial charge in [-0.1, -0.05) is 66.2 Å². The minimum Gasteiger partial charge on any atom is -0.493 e. The molecule has 0 saturated carbocycles. The van der Waals surface area contributed by atoms with Crippen LogP contribution in [-0.2, 0) is 6.18 Å². The lowest BCUT2D eigenvalue weighted by Crippen LogP contribution is -2.30. The van der Waals surface area contributed by atoms with E-state index in [-0.39, 0.29) is 66.2 Å². The molecule has 12 aromatic rings. The average molecular weight is 1520 g/mol. The maximum Gasteiger partial charge on any atom is 0.416 e. The SMILES string of the molecule is CCOc1ccc(C(=O)CNC(=O)c2ccc(OCCO)c(OC)c2)nc1-c1csc2c(C)cccc12.COc1ccc(C(=O)NCC(=O)c2cc(C(F)(F)F)cc(-c3csc4c(C)cccc34)n2)cc1OC.COc1ccc(C(=O)NCC(=O)c2cc(Cl)cc(-c3csc4c(C)cccc34)n2)cc1OC. The van der Waals surface area contributed by atoms with E-state index in [1.54, 1.807) is 82.7 Å². The van der Waals surface area contributed by atoms with Crippen molar-refractivity contribution in [1.29, 1.82) is 0 Å². The molecule has 0 saturated heterocycles. The Kier molecular flexibility index (Phi) is 25.5. The van der Waals surface area contributed by atoms with E-state index in [0.29, 0.717) is 86.0 Å². The van der Waals surface area contributed by atoms with Crippen LogP contribution in [0.3, 0.4) is 0 Å². The van der Waals surface area contributed by atoms with Crippen molar-refractivity contribution in [2.45, 2.75) is 33.9 Å². The van der Waals surface area contributed by atoms with Crippen LogP contribution in [0.5, 0.6) is 40.2 Å². The molecule has 0 unspecified atom stereocenters. The van der Waals surface area contributed by atoms with Gasteiger partial charge in [-0.3, -0.25) is 28.8 Å². The first kappa shape index (κ1) is 77.3. The molecule has 6 aromatic carbocycles. The Bertz CT molecular complexity index is 5290. The second kappa shape index (κ2) is 35.0. The van der Waals surface area contributed by atoms with E-state index in [2.05, 4.69) is 56.9 Å². The second-order valence-corrected chi connectivity index (χ2v) is 26.4. The Balaban J connectivity index is 0.000000170. The summed E-state index contributed by atoms with van der Waals surface area (Å²) < 4.78 is 81.5. The van der Waals surface area contributed by atoms with Crippen LogP contribution in [-0.4, -0.2) is 130 Å². The van der Waals surface area contributed by atoms with Gasteiger partial charge in [0.2, 0.25) is 0 Å². The maximum atomic E-state index is 13.7. The zero-order chi connectivity index (χ0) is 75.9. The quantitative estimate of drug-likeness (QED) is 0.0388. The van der Waals surface area contributed by atoms with E-state index in [4.69, 9.17) is 49.9 Å². The topological polar surface area (TPSA) is 262 Å². The predicted octanol–water partition coefficient (Wildman–Crippen LogP) is 16.1. The summed E-state index contributed by atoms with van der Waals surface area (Å²) >= 11 is 11.0. The maximum absolute atomic E-state index is 13.7. The largest absolute Gasteiger partial charge is 0.493 e. The number of amides is 3. The number of thiophene rings is 3. The van der Waals surface area contributed by atoms with Gasteiger partial charge >= 0.3 is 6.18 Å². The number of fused-ring (bicyclic) bond motifs is 3. The number of pyridine rings is 3. The Labute approximate surface area is 624 Å². The molecule has 546 valence electrons. The lowest BCUT2D eigenvalue weighted by molar-refractivity contribution is -0.137. The number of nitrogens with zero attached hydrogens (tertiary/aromatic N) is 3. The van der Waals surface area contributed by atoms with E-state index in [0.717, 1.165) is 48.3 Å². The van der Waals surface area contributed by atoms with Crippen molar-refractivity contribution in [3.05, 3.63) is 223 Å². The standard InChI is InChI=1S/C28H28N2O6S.C26H21F3N2O4S.C25H21ClN2O4S/c1-4-35-24-11-9-21(30-26(24)20-16-37-27-17(2)6-5-7-19(20)27)22(32)15-29-28(33)18-8-10-23(36-13-12-31)25(14-18)34-3;1-14-5-4-6-17-18(13-36-24(14)17)19-10-16(26(27,28)29)11-20(31-19)21(32)12-30-25(33)15-7-8-22(34-2)23(9-15)35-3;1-14-5-4-6-17-18(13-33-24(14)17)19-10-16(26)11-20(28-19)21(29)12-27-25(30)15-7-8-22(31-2)23(9-15)32-3/h5-11,14,16,31H,4,12-13,15H2,1-3H3,(H,29,33);4-11,13H,12H2,1-3H3,(H,30,33);4-11,13H,12H2,1-3H3,(H,27,30). The molecule has 27 heteroatoms. The zero-order valence-corrected chi connectivity index (χ0v) is 61.9. The average Bonchev–Trinajstić information content (AvgIpc) is 1.59. The Morgan fingerprint density at radius 1 is 0.453 bits per heavy atom. The minimum atomic E-state index is -4.68. The van der Waals surface area contributed by atoms with Gasteiger partial charge in [0.05, 0.1) is 85.3 Å². The van der Waals surface area contributed by atoms with Crippen LogP contribution in [0, 0.1) is 20.8 Å². The molecular weight excluding hydrogens is 1450 g/mol. The predicted molar refractivity (Wildman–Crippen MR) is 405 cm³/mol. The molecule has 3 amide bonds. The van der Waals surface area contributed by atoms with Crippen molar-refractivity contribution in [1.82, 2.24) is 30.9 Å². The van der Waals surface area contributed by atoms with Crippen LogP contribution < -0.4 is 49.1 Å². The minimum absolute atomic E-state index is 0.0382. The number of aliphatic hydroxyl groups excluding tert-OH is 1. The van der Waals surface area contributed by atoms with Crippen LogP contribution in [0.15, 0.2) is 162 Å². The summed E-state index contributed by atoms with van der Waals surface area (Å²) in [5, 5.41) is 25.7. The highest BCUT2D eigenvalue weighted by molar-refractivity contribution is 7.18. The van der Waals surface area contributed by atoms with Gasteiger partial charge in [0.1, 0.15) is 35.1 Å². The number of alkyl halides is 3. The summed E-state index contributed by atoms with van der Waals surface area (Å²) in [6, 6.07) is 39.8. The number of aromatic nitrogens is 3. The third-order valence-electron chi connectivity index (χ3n) is 16.4. The number of aliphatic hydroxyl groups is 1. The lowest BCUT2D eigenvalue weighted by Gasteiger charge is -2.12. The van der Waals surface area contributed by atoms with Gasteiger partial charge in [0, 0.05) is 84.8 Å². The number of ether oxygens (including phenoxy) is 7. The molecular formula is C79H70ClF3N6O14S3. The molecule has 12 rings (SSSR count). The fourth-order valence-corrected chi connectivity index (χ4v) is 14.4. The van der Waals surface area contributed by atoms with Gasteiger partial charge in [-0.15, -0.1) is 34.0 Å². The molecule has 0 spiro atoms. The van der Waals surface area contributed by atoms with Crippen molar-refractivity contribution < 1.29 is 80.2 Å². The van der Waals surface area contributed by atoms with Gasteiger partial charge in [-0.25, -0.2) is 15.0 Å². The first-order chi connectivity index (χ1) is 51.0. The molecule has 0 atom stereocenters. The van der Waals surface area contributed by atoms with Crippen LogP contribution in [0.4, 0.5) is 13.2 Å². The Morgan fingerprint density at radius 3 is 1.28 bits per heavy atom. The summed E-state index contributed by atoms with van der Waals surface area (Å²) in [5.74, 6) is 0.148. The summed E-state index contributed by atoms with van der Waals surface area (Å²) in [6.07, 6.45) is -4.68. The first-order valence-corrected chi connectivity index (χ1v) is 35.6. The van der Waals surface area contributed by atoms with Crippen molar-refractivity contribution in [2.75, 3.05) is 75.0 Å². The highest BCUT2D eigenvalue weighted by Gasteiger charge is 2.33. The first-order valence-electron chi connectivity index (χ1n) is 32.6. The van der Waals surface area contributed by atoms with Crippen LogP contribution in [0.25, 0.3) is 64.0 Å². The number of carbonyl (C=O) groups excluding carboxylic acids is 6. The summed E-state index contributed by atoms with van der Waals surface area (Å²) in [5.41, 5.74) is 6.82. The number of carbonyl (C=O) groups is 6. The molecule has 0 aliphatic heterocycles. The lowest BCUT2D eigenvalue weighted by atomic mass is 10.0. The van der Waals surface area contributed by atoms with Crippen molar-refractivity contribution in [2.24, 2.45) is 0 Å². The number of methoxy groups -OCH3 is 5. The highest BCUT2D eigenvalue weighted by Crippen LogP contribution is 2.42. The van der Waals surface area contributed by atoms with Gasteiger partial charge in [-0.05, 0) is 135 Å². The van der Waals surface area contributed by atoms with E-state index in [9.17, 15) is 41.9 Å². The molecule has 20 nitrogen and oxygen atoms in total. The summed E-state index contributed by atoms with van der Waals surface area (Å²) in [7, 11) is 7.33. The molecule has 106 heavy (non-hydrogen) atoms. The monoisotopic (exact) mass is 1510 g/mol. The van der Waals surface area contributed by atoms with Crippen LogP contribution >= 0.6 is 45.6 Å². The van der Waals surface area contributed by atoms with Crippen molar-refractivity contribution in [3.63, 3.8) is 0 Å². The number of rotatable bonds is 25. The van der Waals surface area contributed by atoms with Crippen molar-refractivity contribution in [3.8, 4) is 74.0 Å². The molecule has 0 radical (unpaired) electrons. The molecule has 0 bridgehead atoms. The molecule has 6 heterocycles. The summed E-state index contributed by atoms with van der Waals surface area (Å²) in [6.45, 7) is 7.38. The number of nitrogens with one attached hydrogen (secondary N) is 3. The molecule has 4 N–H and O–H groups in total. The number of benzene rings is 6. The van der Waals surface area contributed by atoms with E-state index in [1.165, 1.54) is 93.0 Å². The van der Waals surface area contributed by atoms with Crippen LogP contribution in [0.2, 0.25) is 5.02 Å². The number of aryl methyl sites for hydroxylation is 3. The second-order valence-electron chi connectivity index (χ2n) is 23.4. The van der Waals surface area contributed by atoms with E-state index >= 15 is 0 Å². The third-order valence-corrected chi connectivity index (χ3v) is 20.1. The fraction of sp³-hybridized carbons (Fsp3) is 0.203. The number of halogens is 4. The summed E-state index contributed by atoms with van der Waals surface area (Å²) in [4.78, 5) is 89.9. The number of Topliss-reactive ketones (excluding diaryl/α,β-unsaturated/α-hetero) is 3. The number of hydrogen-bond acceptors (Lipinski definition) is 20. The van der Waals surface area contributed by atoms with Crippen molar-refractivity contribution >= 4 is 111 Å².